The van der Waals surface area contributed by atoms with Crippen LogP contribution in [0.25, 0.3) is 41.7 Å². The summed E-state index contributed by atoms with van der Waals surface area (Å²) in [5, 5.41) is 12.0. The second kappa shape index (κ2) is 11.2. The molecule has 0 fully saturated rings. The van der Waals surface area contributed by atoms with Crippen LogP contribution in [0.4, 0.5) is 0 Å². The molecule has 0 bridgehead atoms. The molecule has 0 aliphatic carbocycles. The van der Waals surface area contributed by atoms with Crippen LogP contribution >= 0.6 is 30.1 Å². The number of hydrogen-bond acceptors (Lipinski definition) is 0. The average Bonchev–Trinajstić information content (AvgIpc) is 3.07. The van der Waals surface area contributed by atoms with Crippen molar-refractivity contribution >= 4 is 50.6 Å². The fourth-order valence-electron chi connectivity index (χ4n) is 6.09. The Labute approximate surface area is 250 Å². The Kier molecular flexibility index (Phi) is 6.89. The molecule has 6 aromatic carbocycles. The first-order valence-electron chi connectivity index (χ1n) is 14.2. The molecular weight excluding hydrogens is 580 g/mol. The summed E-state index contributed by atoms with van der Waals surface area (Å²) in [7, 11) is -2.88. The molecule has 0 saturated carbocycles. The van der Waals surface area contributed by atoms with Gasteiger partial charge in [-0.3, -0.25) is 0 Å². The van der Waals surface area contributed by atoms with Gasteiger partial charge in [-0.05, 0) is 45.5 Å². The van der Waals surface area contributed by atoms with Gasteiger partial charge in [0.2, 0.25) is 0 Å². The number of fused-ring (bicyclic) bond motifs is 2. The molecule has 2 aliphatic heterocycles. The van der Waals surface area contributed by atoms with Gasteiger partial charge in [-0.25, -0.2) is 0 Å². The van der Waals surface area contributed by atoms with Crippen LogP contribution < -0.4 is 0 Å². The molecule has 0 spiro atoms. The molecular formula is C38H28P4. The van der Waals surface area contributed by atoms with Gasteiger partial charge < -0.3 is 0 Å². The third-order valence-corrected chi connectivity index (χ3v) is 20.6. The maximum Gasteiger partial charge on any atom is 0.0392 e. The highest BCUT2D eigenvalue weighted by atomic mass is 31.1. The molecule has 2 heterocycles. The average molecular weight is 609 g/mol. The number of rotatable bonds is 4. The second-order valence-corrected chi connectivity index (χ2v) is 19.5. The van der Waals surface area contributed by atoms with Crippen molar-refractivity contribution in [2.45, 2.75) is 0 Å². The van der Waals surface area contributed by atoms with E-state index in [0.29, 0.717) is 0 Å². The van der Waals surface area contributed by atoms with Crippen molar-refractivity contribution in [3.05, 3.63) is 179 Å². The fourth-order valence-corrected chi connectivity index (χ4v) is 21.8. The summed E-state index contributed by atoms with van der Waals surface area (Å²) in [6.07, 6.45) is 0. The van der Waals surface area contributed by atoms with Gasteiger partial charge in [0.1, 0.15) is 0 Å². The molecule has 6 aromatic rings. The van der Waals surface area contributed by atoms with Crippen LogP contribution in [0.5, 0.6) is 0 Å². The van der Waals surface area contributed by atoms with Gasteiger partial charge in [0.25, 0.3) is 0 Å². The minimum Gasteiger partial charge on any atom is -0.0717 e. The predicted octanol–water partition coefficient (Wildman–Crippen LogP) is 13.7. The molecule has 0 aromatic heterocycles. The molecule has 0 nitrogen and oxygen atoms in total. The highest BCUT2D eigenvalue weighted by Gasteiger charge is 2.22. The molecule has 42 heavy (non-hydrogen) atoms. The standard InChI is InChI=1S/C38H28P4/c1-5-17-29(18-6-1)39-33-25-13-14-26-34(33)41(31-21-9-3-10-22-31)38-37(39)40(30-19-7-2-8-20-30)35-27-15-16-28-36(35)42(38)32-23-11-4-12-24-32/h1-28H. The second-order valence-electron chi connectivity index (χ2n) is 10.3. The molecule has 4 unspecified atom stereocenters. The number of benzene rings is 6. The first kappa shape index (κ1) is 25.9. The molecule has 0 amide bonds. The summed E-state index contributed by atoms with van der Waals surface area (Å²) in [4.78, 5) is 0. The lowest BCUT2D eigenvalue weighted by atomic mass is 10.4. The maximum atomic E-state index is 2.44. The van der Waals surface area contributed by atoms with E-state index in [-0.39, 0.29) is 0 Å². The van der Waals surface area contributed by atoms with Gasteiger partial charge in [-0.1, -0.05) is 176 Å². The molecule has 4 atom stereocenters. The fraction of sp³-hybridized carbons (Fsp3) is 0. The largest absolute Gasteiger partial charge is 0.0717 e. The Hall–Kier alpha value is -3.74. The van der Waals surface area contributed by atoms with Gasteiger partial charge >= 0.3 is 0 Å². The topological polar surface area (TPSA) is 0 Å². The van der Waals surface area contributed by atoms with Crippen molar-refractivity contribution in [2.75, 3.05) is 0 Å². The van der Waals surface area contributed by atoms with Gasteiger partial charge in [0, 0.05) is 29.8 Å². The molecule has 4 heteroatoms. The van der Waals surface area contributed by atoms with E-state index < -0.39 is 30.1 Å². The van der Waals surface area contributed by atoms with Crippen LogP contribution in [-0.4, -0.2) is 0 Å². The zero-order valence-corrected chi connectivity index (χ0v) is 26.5. The zero-order valence-electron chi connectivity index (χ0n) is 23.0. The zero-order chi connectivity index (χ0) is 27.9. The van der Waals surface area contributed by atoms with E-state index in [1.165, 1.54) is 21.2 Å². The third kappa shape index (κ3) is 4.31. The summed E-state index contributed by atoms with van der Waals surface area (Å²) < 4.78 is 3.44. The Bertz CT molecular complexity index is 1950. The quantitative estimate of drug-likeness (QED) is 0.186. The van der Waals surface area contributed by atoms with Crippen LogP contribution in [0.3, 0.4) is 0 Å². The van der Waals surface area contributed by atoms with E-state index in [9.17, 15) is 0 Å². The molecule has 0 radical (unpaired) electrons. The van der Waals surface area contributed by atoms with Gasteiger partial charge in [-0.2, -0.15) is 0 Å². The first-order valence-corrected chi connectivity index (χ1v) is 19.6. The van der Waals surface area contributed by atoms with Gasteiger partial charge in [0.15, 0.2) is 0 Å². The summed E-state index contributed by atoms with van der Waals surface area (Å²) in [5.41, 5.74) is 0. The lowest BCUT2D eigenvalue weighted by molar-refractivity contribution is 1.75. The Morgan fingerprint density at radius 1 is 0.214 bits per heavy atom. The van der Waals surface area contributed by atoms with E-state index >= 15 is 0 Å². The lowest BCUT2D eigenvalue weighted by Gasteiger charge is -2.24. The molecule has 8 rings (SSSR count). The Balaban J connectivity index is 1.81. The summed E-state index contributed by atoms with van der Waals surface area (Å²) in [5.74, 6) is 0. The maximum absolute atomic E-state index is 2.44. The van der Waals surface area contributed by atoms with Crippen LogP contribution in [0.2, 0.25) is 0 Å². The minimum absolute atomic E-state index is 0.721. The van der Waals surface area contributed by atoms with Crippen LogP contribution in [0, 0.1) is 9.36 Å². The van der Waals surface area contributed by atoms with Crippen LogP contribution in [-0.2, 0) is 0 Å². The smallest absolute Gasteiger partial charge is 0.0392 e. The predicted molar refractivity (Wildman–Crippen MR) is 191 cm³/mol. The number of hydrogen-bond donors (Lipinski definition) is 0. The summed E-state index contributed by atoms with van der Waals surface area (Å²) in [6, 6.07) is 64.4. The van der Waals surface area contributed by atoms with Gasteiger partial charge in [-0.15, -0.1) is 0 Å². The van der Waals surface area contributed by atoms with Crippen molar-refractivity contribution < 1.29 is 0 Å². The molecule has 0 saturated heterocycles. The lowest BCUT2D eigenvalue weighted by Crippen LogP contribution is -1.84. The van der Waals surface area contributed by atoms with Crippen molar-refractivity contribution in [1.82, 2.24) is 0 Å². The minimum atomic E-state index is -0.721. The first-order chi connectivity index (χ1) is 20.9. The molecule has 2 aliphatic rings. The third-order valence-electron chi connectivity index (χ3n) is 7.83. The highest BCUT2D eigenvalue weighted by molar-refractivity contribution is 7.82. The molecule has 200 valence electrons. The highest BCUT2D eigenvalue weighted by Crippen LogP contribution is 2.69. The monoisotopic (exact) mass is 608 g/mol. The molecule has 0 N–H and O–H groups in total. The van der Waals surface area contributed by atoms with Gasteiger partial charge in [0.05, 0.1) is 0 Å². The summed E-state index contributed by atoms with van der Waals surface area (Å²) >= 11 is 0. The van der Waals surface area contributed by atoms with E-state index in [1.54, 1.807) is 29.8 Å². The van der Waals surface area contributed by atoms with E-state index in [0.717, 1.165) is 0 Å². The van der Waals surface area contributed by atoms with Crippen LogP contribution in [0.15, 0.2) is 170 Å². The SMILES string of the molecule is c1ccc(-p2c3p(-c4ccccc4)c4ccccc4p(-c4ccccc4)c=3p(-c3ccccc3)c3ccccc32)cc1. The van der Waals surface area contributed by atoms with Crippen molar-refractivity contribution in [2.24, 2.45) is 0 Å². The van der Waals surface area contributed by atoms with E-state index in [4.69, 9.17) is 0 Å². The van der Waals surface area contributed by atoms with E-state index in [1.807, 2.05) is 0 Å². The Morgan fingerprint density at radius 3 is 0.619 bits per heavy atom. The van der Waals surface area contributed by atoms with Crippen LogP contribution in [0.1, 0.15) is 0 Å². The Morgan fingerprint density at radius 2 is 0.405 bits per heavy atom. The van der Waals surface area contributed by atoms with Crippen molar-refractivity contribution in [1.29, 1.82) is 0 Å². The van der Waals surface area contributed by atoms with Crippen molar-refractivity contribution in [3.8, 4) is 21.2 Å². The normalized spacial score (nSPS) is 13.0. The van der Waals surface area contributed by atoms with E-state index in [2.05, 4.69) is 170 Å². The summed E-state index contributed by atoms with van der Waals surface area (Å²) in [6.45, 7) is 0. The van der Waals surface area contributed by atoms with Crippen molar-refractivity contribution in [3.63, 3.8) is 0 Å².